The van der Waals surface area contributed by atoms with Crippen LogP contribution in [0.5, 0.6) is 0 Å². The van der Waals surface area contributed by atoms with Crippen LogP contribution in [-0.4, -0.2) is 9.55 Å². The van der Waals surface area contributed by atoms with Crippen LogP contribution in [0.2, 0.25) is 5.02 Å². The van der Waals surface area contributed by atoms with Crippen molar-refractivity contribution in [1.29, 1.82) is 0 Å². The summed E-state index contributed by atoms with van der Waals surface area (Å²) in [7, 11) is 0. The van der Waals surface area contributed by atoms with Gasteiger partial charge in [0.15, 0.2) is 0 Å². The van der Waals surface area contributed by atoms with E-state index in [2.05, 4.69) is 13.0 Å². The lowest BCUT2D eigenvalue weighted by Gasteiger charge is -2.13. The van der Waals surface area contributed by atoms with Crippen molar-refractivity contribution in [1.82, 2.24) is 9.55 Å². The minimum absolute atomic E-state index is 0.305. The molecule has 2 nitrogen and oxygen atoms in total. The summed E-state index contributed by atoms with van der Waals surface area (Å²) in [6.45, 7) is 2.38. The van der Waals surface area contributed by atoms with E-state index >= 15 is 0 Å². The van der Waals surface area contributed by atoms with E-state index < -0.39 is 0 Å². The predicted molar refractivity (Wildman–Crippen MR) is 100 cm³/mol. The van der Waals surface area contributed by atoms with Crippen molar-refractivity contribution in [3.05, 3.63) is 88.7 Å². The van der Waals surface area contributed by atoms with Gasteiger partial charge in [-0.3, -0.25) is 0 Å². The Hall–Kier alpha value is -2.65. The summed E-state index contributed by atoms with van der Waals surface area (Å²) in [5.41, 5.74) is 4.47. The number of rotatable bonds is 3. The standard InChI is InChI=1S/C21H16ClFN2/c1-14-7-2-3-8-15(14)21-24-19-11-4-5-12-20(19)25(21)13-16-17(22)9-6-10-18(16)23/h2-12H,13H2,1H3. The molecule has 0 spiro atoms. The molecule has 124 valence electrons. The van der Waals surface area contributed by atoms with E-state index in [9.17, 15) is 4.39 Å². The first kappa shape index (κ1) is 15.9. The normalized spacial score (nSPS) is 11.2. The molecular formula is C21H16ClFN2. The van der Waals surface area contributed by atoms with Gasteiger partial charge < -0.3 is 4.57 Å². The molecule has 0 N–H and O–H groups in total. The van der Waals surface area contributed by atoms with Crippen molar-refractivity contribution in [3.63, 3.8) is 0 Å². The molecule has 0 bridgehead atoms. The van der Waals surface area contributed by atoms with Gasteiger partial charge in [0, 0.05) is 16.1 Å². The Morgan fingerprint density at radius 2 is 1.72 bits per heavy atom. The van der Waals surface area contributed by atoms with Crippen molar-refractivity contribution in [2.75, 3.05) is 0 Å². The number of imidazole rings is 1. The average molecular weight is 351 g/mol. The summed E-state index contributed by atoms with van der Waals surface area (Å²) in [6.07, 6.45) is 0. The molecular weight excluding hydrogens is 335 g/mol. The van der Waals surface area contributed by atoms with Gasteiger partial charge in [0.25, 0.3) is 0 Å². The van der Waals surface area contributed by atoms with Gasteiger partial charge in [-0.1, -0.05) is 54.1 Å². The van der Waals surface area contributed by atoms with Crippen LogP contribution in [0.4, 0.5) is 4.39 Å². The van der Waals surface area contributed by atoms with E-state index in [1.54, 1.807) is 12.1 Å². The molecule has 4 aromatic rings. The number of aromatic nitrogens is 2. The summed E-state index contributed by atoms with van der Waals surface area (Å²) < 4.78 is 16.4. The third-order valence-electron chi connectivity index (χ3n) is 4.42. The number of fused-ring (bicyclic) bond motifs is 1. The molecule has 3 aromatic carbocycles. The lowest BCUT2D eigenvalue weighted by Crippen LogP contribution is -2.05. The molecule has 0 saturated carbocycles. The summed E-state index contributed by atoms with van der Waals surface area (Å²) in [5.74, 6) is 0.514. The second-order valence-electron chi connectivity index (χ2n) is 6.03. The lowest BCUT2D eigenvalue weighted by atomic mass is 10.1. The fraction of sp³-hybridized carbons (Fsp3) is 0.0952. The smallest absolute Gasteiger partial charge is 0.141 e. The van der Waals surface area contributed by atoms with Gasteiger partial charge in [-0.05, 0) is 36.8 Å². The molecule has 0 radical (unpaired) electrons. The van der Waals surface area contributed by atoms with Crippen LogP contribution in [0.25, 0.3) is 22.4 Å². The molecule has 4 heteroatoms. The summed E-state index contributed by atoms with van der Waals surface area (Å²) in [6, 6.07) is 20.7. The Morgan fingerprint density at radius 3 is 2.52 bits per heavy atom. The van der Waals surface area contributed by atoms with Crippen molar-refractivity contribution < 1.29 is 4.39 Å². The first-order chi connectivity index (χ1) is 12.1. The topological polar surface area (TPSA) is 17.8 Å². The van der Waals surface area contributed by atoms with Crippen LogP contribution in [0.3, 0.4) is 0 Å². The van der Waals surface area contributed by atoms with E-state index in [1.807, 2.05) is 47.0 Å². The maximum atomic E-state index is 14.3. The van der Waals surface area contributed by atoms with Crippen LogP contribution in [0.15, 0.2) is 66.7 Å². The monoisotopic (exact) mass is 350 g/mol. The summed E-state index contributed by atoms with van der Waals surface area (Å²) in [4.78, 5) is 4.80. The lowest BCUT2D eigenvalue weighted by molar-refractivity contribution is 0.602. The van der Waals surface area contributed by atoms with Crippen LogP contribution >= 0.6 is 11.6 Å². The van der Waals surface area contributed by atoms with Gasteiger partial charge in [0.2, 0.25) is 0 Å². The van der Waals surface area contributed by atoms with E-state index in [0.717, 1.165) is 28.0 Å². The number of para-hydroxylation sites is 2. The molecule has 1 aromatic heterocycles. The van der Waals surface area contributed by atoms with Crippen LogP contribution in [-0.2, 0) is 6.54 Å². The Kier molecular flexibility index (Phi) is 4.02. The molecule has 0 amide bonds. The first-order valence-corrected chi connectivity index (χ1v) is 8.47. The summed E-state index contributed by atoms with van der Waals surface area (Å²) in [5, 5.41) is 0.425. The van der Waals surface area contributed by atoms with Gasteiger partial charge in [0.05, 0.1) is 17.6 Å². The zero-order valence-corrected chi connectivity index (χ0v) is 14.5. The molecule has 0 aliphatic rings. The molecule has 4 rings (SSSR count). The third-order valence-corrected chi connectivity index (χ3v) is 4.77. The highest BCUT2D eigenvalue weighted by molar-refractivity contribution is 6.31. The van der Waals surface area contributed by atoms with E-state index in [-0.39, 0.29) is 5.82 Å². The highest BCUT2D eigenvalue weighted by Crippen LogP contribution is 2.30. The number of hydrogen-bond acceptors (Lipinski definition) is 1. The van der Waals surface area contributed by atoms with Crippen molar-refractivity contribution >= 4 is 22.6 Å². The Bertz CT molecular complexity index is 1050. The number of aryl methyl sites for hydroxylation is 1. The fourth-order valence-corrected chi connectivity index (χ4v) is 3.33. The Labute approximate surface area is 150 Å². The molecule has 0 aliphatic heterocycles. The Balaban J connectivity index is 1.96. The third kappa shape index (κ3) is 2.81. The van der Waals surface area contributed by atoms with Gasteiger partial charge in [0.1, 0.15) is 11.6 Å². The quantitative estimate of drug-likeness (QED) is 0.453. The maximum Gasteiger partial charge on any atom is 0.141 e. The highest BCUT2D eigenvalue weighted by atomic mass is 35.5. The molecule has 25 heavy (non-hydrogen) atoms. The number of benzene rings is 3. The zero-order valence-electron chi connectivity index (χ0n) is 13.7. The van der Waals surface area contributed by atoms with E-state index in [0.29, 0.717) is 17.1 Å². The molecule has 0 fully saturated rings. The van der Waals surface area contributed by atoms with E-state index in [4.69, 9.17) is 16.6 Å². The van der Waals surface area contributed by atoms with Crippen LogP contribution < -0.4 is 0 Å². The molecule has 0 unspecified atom stereocenters. The second kappa shape index (κ2) is 6.34. The number of hydrogen-bond donors (Lipinski definition) is 0. The van der Waals surface area contributed by atoms with Crippen molar-refractivity contribution in [3.8, 4) is 11.4 Å². The van der Waals surface area contributed by atoms with Crippen LogP contribution in [0.1, 0.15) is 11.1 Å². The average Bonchev–Trinajstić information content (AvgIpc) is 2.97. The van der Waals surface area contributed by atoms with Gasteiger partial charge in [-0.2, -0.15) is 0 Å². The van der Waals surface area contributed by atoms with Crippen LogP contribution in [0, 0.1) is 12.7 Å². The highest BCUT2D eigenvalue weighted by Gasteiger charge is 2.16. The molecule has 1 heterocycles. The molecule has 0 aliphatic carbocycles. The van der Waals surface area contributed by atoms with Gasteiger partial charge in [-0.15, -0.1) is 0 Å². The second-order valence-corrected chi connectivity index (χ2v) is 6.43. The summed E-state index contributed by atoms with van der Waals surface area (Å²) >= 11 is 6.25. The molecule has 0 saturated heterocycles. The SMILES string of the molecule is Cc1ccccc1-c1nc2ccccc2n1Cc1c(F)cccc1Cl. The van der Waals surface area contributed by atoms with Crippen molar-refractivity contribution in [2.24, 2.45) is 0 Å². The van der Waals surface area contributed by atoms with Gasteiger partial charge >= 0.3 is 0 Å². The van der Waals surface area contributed by atoms with Gasteiger partial charge in [-0.25, -0.2) is 9.37 Å². The number of halogens is 2. The Morgan fingerprint density at radius 1 is 0.960 bits per heavy atom. The zero-order chi connectivity index (χ0) is 17.4. The predicted octanol–water partition coefficient (Wildman–Crippen LogP) is 5.85. The minimum Gasteiger partial charge on any atom is -0.319 e. The minimum atomic E-state index is -0.305. The van der Waals surface area contributed by atoms with E-state index in [1.165, 1.54) is 6.07 Å². The first-order valence-electron chi connectivity index (χ1n) is 8.09. The largest absolute Gasteiger partial charge is 0.319 e. The molecule has 0 atom stereocenters. The fourth-order valence-electron chi connectivity index (χ4n) is 3.11. The van der Waals surface area contributed by atoms with Crippen molar-refractivity contribution in [2.45, 2.75) is 13.5 Å². The maximum absolute atomic E-state index is 14.3. The number of nitrogens with zero attached hydrogens (tertiary/aromatic N) is 2.